The summed E-state index contributed by atoms with van der Waals surface area (Å²) < 4.78 is 7.31. The summed E-state index contributed by atoms with van der Waals surface area (Å²) in [6.45, 7) is 17.1. The molecule has 4 heteroatoms. The first-order valence-corrected chi connectivity index (χ1v) is 16.6. The smallest absolute Gasteiger partial charge is 0.192 e. The maximum atomic E-state index is 13.8. The molecule has 3 rings (SSSR count). The summed E-state index contributed by atoms with van der Waals surface area (Å²) >= 11 is 0. The summed E-state index contributed by atoms with van der Waals surface area (Å²) in [6, 6.07) is 31.3. The van der Waals surface area contributed by atoms with Crippen molar-refractivity contribution in [3.05, 3.63) is 108 Å². The molecule has 0 aromatic heterocycles. The maximum absolute atomic E-state index is 13.8. The van der Waals surface area contributed by atoms with Gasteiger partial charge in [0.25, 0.3) is 0 Å². The topological polar surface area (TPSA) is 46.5 Å². The third kappa shape index (κ3) is 6.54. The number of carbonyl (C=O) groups excluding carboxylic acids is 1. The lowest BCUT2D eigenvalue weighted by Crippen LogP contribution is -2.53. The summed E-state index contributed by atoms with van der Waals surface area (Å²) in [7, 11) is -2.33. The van der Waals surface area contributed by atoms with Crippen LogP contribution in [0.1, 0.15) is 71.1 Å². The normalized spacial score (nSPS) is 14.7. The van der Waals surface area contributed by atoms with Gasteiger partial charge in [0.1, 0.15) is 5.78 Å². The van der Waals surface area contributed by atoms with Crippen molar-refractivity contribution in [1.29, 1.82) is 0 Å². The molecule has 0 radical (unpaired) electrons. The minimum absolute atomic E-state index is 0.0169. The average molecular weight is 531 g/mol. The van der Waals surface area contributed by atoms with Crippen LogP contribution >= 0.6 is 0 Å². The predicted octanol–water partition coefficient (Wildman–Crippen LogP) is 8.17. The van der Waals surface area contributed by atoms with Gasteiger partial charge in [0.2, 0.25) is 0 Å². The standard InChI is InChI=1S/C34H46O3Si/c1-32(2,3)30(36)24-29(35)25-31(37-38(7,8)33(4,5)6)34(26-18-12-9-13-19-26,27-20-14-10-15-21-27)28-22-16-11-17-23-28/h9-23,30-31,36H,24-25H2,1-8H3/t30-,31+/m1/s1. The molecule has 1 N–H and O–H groups in total. The minimum atomic E-state index is -2.33. The van der Waals surface area contributed by atoms with Gasteiger partial charge in [0.15, 0.2) is 8.32 Å². The zero-order chi connectivity index (χ0) is 28.2. The first-order chi connectivity index (χ1) is 17.7. The number of hydrogen-bond acceptors (Lipinski definition) is 3. The van der Waals surface area contributed by atoms with Crippen LogP contribution in [0.15, 0.2) is 91.0 Å². The van der Waals surface area contributed by atoms with E-state index in [0.717, 1.165) is 16.7 Å². The number of carbonyl (C=O) groups is 1. The molecule has 3 aromatic rings. The van der Waals surface area contributed by atoms with Crippen LogP contribution < -0.4 is 0 Å². The van der Waals surface area contributed by atoms with Crippen molar-refractivity contribution in [3.63, 3.8) is 0 Å². The molecule has 0 amide bonds. The number of aliphatic hydroxyl groups excluding tert-OH is 1. The number of benzene rings is 3. The van der Waals surface area contributed by atoms with Crippen LogP contribution in [0.4, 0.5) is 0 Å². The summed E-state index contributed by atoms with van der Waals surface area (Å²) in [5.74, 6) is 0.0169. The Labute approximate surface area is 231 Å². The highest BCUT2D eigenvalue weighted by Crippen LogP contribution is 2.48. The molecule has 0 unspecified atom stereocenters. The molecule has 0 fully saturated rings. The molecule has 0 aliphatic carbocycles. The van der Waals surface area contributed by atoms with Gasteiger partial charge < -0.3 is 9.53 Å². The monoisotopic (exact) mass is 530 g/mol. The highest BCUT2D eigenvalue weighted by atomic mass is 28.4. The Hall–Kier alpha value is -2.53. The van der Waals surface area contributed by atoms with E-state index in [-0.39, 0.29) is 29.1 Å². The van der Waals surface area contributed by atoms with Crippen molar-refractivity contribution in [2.45, 2.75) is 90.1 Å². The third-order valence-electron chi connectivity index (χ3n) is 8.25. The van der Waals surface area contributed by atoms with E-state index in [2.05, 4.69) is 107 Å². The first kappa shape index (κ1) is 30.0. The maximum Gasteiger partial charge on any atom is 0.192 e. The highest BCUT2D eigenvalue weighted by Gasteiger charge is 2.50. The Bertz CT molecular complexity index is 1060. The van der Waals surface area contributed by atoms with E-state index in [4.69, 9.17) is 4.43 Å². The molecule has 0 saturated carbocycles. The summed E-state index contributed by atoms with van der Waals surface area (Å²) in [4.78, 5) is 13.8. The Morgan fingerprint density at radius 2 is 1.08 bits per heavy atom. The second kappa shape index (κ2) is 11.7. The number of Topliss-reactive ketones (excluding diaryl/α,β-unsaturated/α-hetero) is 1. The van der Waals surface area contributed by atoms with Crippen LogP contribution in [-0.2, 0) is 14.6 Å². The fraction of sp³-hybridized carbons (Fsp3) is 0.441. The van der Waals surface area contributed by atoms with Gasteiger partial charge in [0, 0.05) is 12.8 Å². The molecule has 0 spiro atoms. The zero-order valence-corrected chi connectivity index (χ0v) is 25.5. The van der Waals surface area contributed by atoms with Gasteiger partial charge in [-0.25, -0.2) is 0 Å². The van der Waals surface area contributed by atoms with E-state index in [1.54, 1.807) is 0 Å². The second-order valence-electron chi connectivity index (χ2n) is 13.1. The van der Waals surface area contributed by atoms with E-state index in [1.807, 2.05) is 39.0 Å². The van der Waals surface area contributed by atoms with Gasteiger partial charge in [0.05, 0.1) is 17.6 Å². The van der Waals surface area contributed by atoms with Crippen molar-refractivity contribution in [3.8, 4) is 0 Å². The molecule has 2 atom stereocenters. The van der Waals surface area contributed by atoms with Crippen molar-refractivity contribution < 1.29 is 14.3 Å². The van der Waals surface area contributed by atoms with E-state index in [1.165, 1.54) is 0 Å². The van der Waals surface area contributed by atoms with Crippen LogP contribution in [0.25, 0.3) is 0 Å². The van der Waals surface area contributed by atoms with Crippen LogP contribution in [0, 0.1) is 5.41 Å². The van der Waals surface area contributed by atoms with Crippen molar-refractivity contribution in [2.24, 2.45) is 5.41 Å². The van der Waals surface area contributed by atoms with Crippen molar-refractivity contribution in [2.75, 3.05) is 0 Å². The van der Waals surface area contributed by atoms with Gasteiger partial charge in [-0.05, 0) is 40.2 Å². The van der Waals surface area contributed by atoms with Crippen LogP contribution in [0.3, 0.4) is 0 Å². The summed E-state index contributed by atoms with van der Waals surface area (Å²) in [5.41, 5.74) is 2.17. The highest BCUT2D eigenvalue weighted by molar-refractivity contribution is 6.74. The lowest BCUT2D eigenvalue weighted by atomic mass is 9.64. The minimum Gasteiger partial charge on any atom is -0.412 e. The molecular formula is C34H46O3Si. The van der Waals surface area contributed by atoms with Gasteiger partial charge >= 0.3 is 0 Å². The Morgan fingerprint density at radius 1 is 0.711 bits per heavy atom. The lowest BCUT2D eigenvalue weighted by molar-refractivity contribution is -0.124. The van der Waals surface area contributed by atoms with E-state index in [9.17, 15) is 9.90 Å². The van der Waals surface area contributed by atoms with E-state index >= 15 is 0 Å². The third-order valence-corrected chi connectivity index (χ3v) is 12.7. The Morgan fingerprint density at radius 3 is 1.39 bits per heavy atom. The number of ketones is 1. The van der Waals surface area contributed by atoms with Gasteiger partial charge in [-0.15, -0.1) is 0 Å². The van der Waals surface area contributed by atoms with Gasteiger partial charge in [-0.1, -0.05) is 133 Å². The molecule has 0 bridgehead atoms. The fourth-order valence-corrected chi connectivity index (χ4v) is 6.11. The zero-order valence-electron chi connectivity index (χ0n) is 24.5. The Kier molecular flexibility index (Phi) is 9.23. The number of rotatable bonds is 10. The Balaban J connectivity index is 2.31. The molecule has 38 heavy (non-hydrogen) atoms. The SMILES string of the molecule is CC(C)(C)[C@H](O)CC(=O)C[C@H](O[Si](C)(C)C(C)(C)C)C(c1ccccc1)(c1ccccc1)c1ccccc1. The van der Waals surface area contributed by atoms with Crippen LogP contribution in [-0.4, -0.2) is 31.4 Å². The summed E-state index contributed by atoms with van der Waals surface area (Å²) in [5, 5.41) is 10.8. The predicted molar refractivity (Wildman–Crippen MR) is 161 cm³/mol. The molecular weight excluding hydrogens is 484 g/mol. The number of aliphatic hydroxyl groups is 1. The quantitative estimate of drug-likeness (QED) is 0.212. The molecule has 0 aliphatic heterocycles. The van der Waals surface area contributed by atoms with Crippen LogP contribution in [0.5, 0.6) is 0 Å². The molecule has 0 heterocycles. The molecule has 0 aliphatic rings. The molecule has 204 valence electrons. The van der Waals surface area contributed by atoms with Gasteiger partial charge in [-0.2, -0.15) is 0 Å². The fourth-order valence-electron chi connectivity index (χ4n) is 4.79. The van der Waals surface area contributed by atoms with E-state index in [0.29, 0.717) is 0 Å². The van der Waals surface area contributed by atoms with Gasteiger partial charge in [-0.3, -0.25) is 4.79 Å². The largest absolute Gasteiger partial charge is 0.412 e. The van der Waals surface area contributed by atoms with E-state index < -0.39 is 25.9 Å². The molecule has 0 saturated heterocycles. The lowest BCUT2D eigenvalue weighted by Gasteiger charge is -2.48. The summed E-state index contributed by atoms with van der Waals surface area (Å²) in [6.07, 6.45) is -0.869. The molecule has 3 aromatic carbocycles. The molecule has 3 nitrogen and oxygen atoms in total. The average Bonchev–Trinajstić information content (AvgIpc) is 2.85. The van der Waals surface area contributed by atoms with Crippen molar-refractivity contribution in [1.82, 2.24) is 0 Å². The first-order valence-electron chi connectivity index (χ1n) is 13.7. The number of hydrogen-bond donors (Lipinski definition) is 1. The second-order valence-corrected chi connectivity index (χ2v) is 17.9. The van der Waals surface area contributed by atoms with Crippen LogP contribution in [0.2, 0.25) is 18.1 Å². The van der Waals surface area contributed by atoms with Crippen molar-refractivity contribution >= 4 is 14.1 Å².